The number of nitrogens with two attached hydrogens (primary N) is 1. The number of nitrogens with one attached hydrogen (secondary N) is 1. The van der Waals surface area contributed by atoms with Crippen LogP contribution in [0.1, 0.15) is 52.7 Å². The van der Waals surface area contributed by atoms with Crippen molar-refractivity contribution >= 4 is 40.4 Å². The van der Waals surface area contributed by atoms with E-state index in [1.807, 2.05) is 32.9 Å². The SMILES string of the molecule is COCCc1cc(OC2C[C@@H](C(N)=O)N(C(=O)[C@@H](NC(=O)O[C@@H]3C[C@@H]4[C@H](C)[C@@H]4C3)C(C)(C)C)C2)c2ccc(OCCN3CCOCC3)c(Cl)c2n1. The van der Waals surface area contributed by atoms with Crippen LogP contribution in [-0.4, -0.2) is 117 Å². The van der Waals surface area contributed by atoms with Gasteiger partial charge in [-0.1, -0.05) is 39.3 Å². The van der Waals surface area contributed by atoms with E-state index in [1.54, 1.807) is 13.2 Å². The molecular formula is C37H52ClN5O8. The molecule has 3 amide bonds. The molecular weight excluding hydrogens is 678 g/mol. The van der Waals surface area contributed by atoms with Crippen LogP contribution in [0.25, 0.3) is 10.9 Å². The number of carbonyl (C=O) groups is 3. The molecule has 0 bridgehead atoms. The zero-order valence-electron chi connectivity index (χ0n) is 30.3. The number of hydrogen-bond acceptors (Lipinski definition) is 10. The molecule has 4 aliphatic rings. The number of benzene rings is 1. The number of alkyl carbamates (subject to hydrolysis) is 1. The van der Waals surface area contributed by atoms with Crippen molar-refractivity contribution in [1.82, 2.24) is 20.1 Å². The molecule has 13 nitrogen and oxygen atoms in total. The third-order valence-electron chi connectivity index (χ3n) is 10.9. The van der Waals surface area contributed by atoms with E-state index in [-0.39, 0.29) is 19.1 Å². The van der Waals surface area contributed by atoms with Gasteiger partial charge in [0, 0.05) is 56.7 Å². The Morgan fingerprint density at radius 2 is 1.80 bits per heavy atom. The van der Waals surface area contributed by atoms with Gasteiger partial charge in [0.05, 0.1) is 31.9 Å². The highest BCUT2D eigenvalue weighted by atomic mass is 35.5. The molecule has 2 aliphatic carbocycles. The van der Waals surface area contributed by atoms with Crippen LogP contribution >= 0.6 is 11.6 Å². The van der Waals surface area contributed by atoms with Gasteiger partial charge >= 0.3 is 6.09 Å². The summed E-state index contributed by atoms with van der Waals surface area (Å²) in [6.07, 6.45) is 1.05. The highest BCUT2D eigenvalue weighted by molar-refractivity contribution is 6.36. The van der Waals surface area contributed by atoms with Gasteiger partial charge in [-0.2, -0.15) is 0 Å². The van der Waals surface area contributed by atoms with Gasteiger partial charge in [0.1, 0.15) is 47.4 Å². The Morgan fingerprint density at radius 3 is 2.47 bits per heavy atom. The monoisotopic (exact) mass is 729 g/mol. The van der Waals surface area contributed by atoms with E-state index >= 15 is 0 Å². The number of nitrogens with zero attached hydrogens (tertiary/aromatic N) is 3. The second-order valence-corrected chi connectivity index (χ2v) is 15.8. The molecule has 0 spiro atoms. The first-order chi connectivity index (χ1) is 24.3. The zero-order chi connectivity index (χ0) is 36.4. The first-order valence-corrected chi connectivity index (χ1v) is 18.5. The molecule has 6 rings (SSSR count). The fourth-order valence-electron chi connectivity index (χ4n) is 7.82. The topological polar surface area (TPSA) is 155 Å². The summed E-state index contributed by atoms with van der Waals surface area (Å²) >= 11 is 6.91. The van der Waals surface area contributed by atoms with Gasteiger partial charge in [-0.25, -0.2) is 4.79 Å². The Labute approximate surface area is 304 Å². The van der Waals surface area contributed by atoms with Crippen LogP contribution in [0.2, 0.25) is 5.02 Å². The van der Waals surface area contributed by atoms with Gasteiger partial charge in [-0.15, -0.1) is 0 Å². The number of amides is 3. The molecule has 2 saturated heterocycles. The van der Waals surface area contributed by atoms with Crippen molar-refractivity contribution in [2.45, 2.75) is 77.7 Å². The zero-order valence-corrected chi connectivity index (χ0v) is 31.1. The van der Waals surface area contributed by atoms with Crippen molar-refractivity contribution in [3.8, 4) is 11.5 Å². The lowest BCUT2D eigenvalue weighted by Gasteiger charge is -2.35. The second kappa shape index (κ2) is 15.7. The molecule has 3 N–H and O–H groups in total. The number of fused-ring (bicyclic) bond motifs is 2. The average molecular weight is 730 g/mol. The summed E-state index contributed by atoms with van der Waals surface area (Å²) in [6.45, 7) is 12.7. The number of aromatic nitrogens is 1. The Balaban J connectivity index is 1.17. The van der Waals surface area contributed by atoms with Crippen molar-refractivity contribution in [2.75, 3.05) is 59.7 Å². The predicted octanol–water partition coefficient (Wildman–Crippen LogP) is 3.81. The summed E-state index contributed by atoms with van der Waals surface area (Å²) < 4.78 is 29.2. The van der Waals surface area contributed by atoms with Crippen molar-refractivity contribution in [3.63, 3.8) is 0 Å². The number of carbonyl (C=O) groups excluding carboxylic acids is 3. The molecule has 0 radical (unpaired) electrons. The maximum absolute atomic E-state index is 14.2. The van der Waals surface area contributed by atoms with Gasteiger partial charge in [0.25, 0.3) is 0 Å². The second-order valence-electron chi connectivity index (χ2n) is 15.4. The standard InChI is InChI=1S/C37H52ClN5O8/c1-21-26-17-23(18-27(21)26)51-36(46)41-33(37(2,3)4)35(45)43-20-24(19-28(43)34(39)44)50-30-16-22(8-12-47-5)40-32-25(30)6-7-29(31(32)38)49-15-11-42-9-13-48-14-10-42/h6-7,16,21,23-24,26-28,33H,8-15,17-20H2,1-5H3,(H2,39,44)(H,41,46)/t21-,23+,24?,26+,27-,28-,33+/m0/s1. The number of hydrogen-bond donors (Lipinski definition) is 2. The van der Waals surface area contributed by atoms with Crippen LogP contribution in [0.15, 0.2) is 18.2 Å². The molecule has 51 heavy (non-hydrogen) atoms. The number of halogens is 1. The Hall–Kier alpha value is -3.39. The van der Waals surface area contributed by atoms with Gasteiger partial charge in [-0.3, -0.25) is 19.5 Å². The fraction of sp³-hybridized carbons (Fsp3) is 0.676. The normalized spacial score (nSPS) is 26.8. The Bertz CT molecular complexity index is 1580. The summed E-state index contributed by atoms with van der Waals surface area (Å²) in [4.78, 5) is 48.5. The molecule has 2 aliphatic heterocycles. The van der Waals surface area contributed by atoms with Crippen molar-refractivity contribution in [3.05, 3.63) is 28.9 Å². The number of pyridine rings is 1. The van der Waals surface area contributed by atoms with Crippen molar-refractivity contribution in [1.29, 1.82) is 0 Å². The molecule has 2 aromatic rings. The summed E-state index contributed by atoms with van der Waals surface area (Å²) in [5, 5.41) is 3.85. The molecule has 280 valence electrons. The maximum Gasteiger partial charge on any atom is 0.408 e. The van der Waals surface area contributed by atoms with Crippen LogP contribution in [0.5, 0.6) is 11.5 Å². The maximum atomic E-state index is 14.2. The number of morpholine rings is 1. The average Bonchev–Trinajstić information content (AvgIpc) is 3.41. The number of methoxy groups -OCH3 is 1. The minimum atomic E-state index is -0.955. The number of primary amides is 1. The lowest BCUT2D eigenvalue weighted by molar-refractivity contribution is -0.141. The number of ether oxygens (including phenoxy) is 5. The first-order valence-electron chi connectivity index (χ1n) is 18.1. The summed E-state index contributed by atoms with van der Waals surface area (Å²) in [5.74, 6) is 1.88. The van der Waals surface area contributed by atoms with Crippen LogP contribution in [0.4, 0.5) is 4.79 Å². The van der Waals surface area contributed by atoms with Crippen molar-refractivity contribution in [2.24, 2.45) is 28.9 Å². The minimum Gasteiger partial charge on any atom is -0.491 e. The van der Waals surface area contributed by atoms with Crippen molar-refractivity contribution < 1.29 is 38.1 Å². The predicted molar refractivity (Wildman–Crippen MR) is 191 cm³/mol. The summed E-state index contributed by atoms with van der Waals surface area (Å²) in [7, 11) is 1.62. The lowest BCUT2D eigenvalue weighted by atomic mass is 9.85. The number of rotatable bonds is 13. The minimum absolute atomic E-state index is 0.0906. The van der Waals surface area contributed by atoms with E-state index in [0.717, 1.165) is 32.5 Å². The third-order valence-corrected chi connectivity index (χ3v) is 11.2. The molecule has 1 aromatic carbocycles. The Morgan fingerprint density at radius 1 is 1.08 bits per heavy atom. The van der Waals surface area contributed by atoms with E-state index in [4.69, 9.17) is 46.0 Å². The van der Waals surface area contributed by atoms with Crippen LogP contribution in [0, 0.1) is 23.2 Å². The summed E-state index contributed by atoms with van der Waals surface area (Å²) in [5.41, 5.74) is 6.40. The fourth-order valence-corrected chi connectivity index (χ4v) is 8.08. The molecule has 14 heteroatoms. The van der Waals surface area contributed by atoms with E-state index in [9.17, 15) is 14.4 Å². The van der Waals surface area contributed by atoms with E-state index in [2.05, 4.69) is 17.1 Å². The van der Waals surface area contributed by atoms with Crippen LogP contribution in [-0.2, 0) is 30.2 Å². The largest absolute Gasteiger partial charge is 0.491 e. The van der Waals surface area contributed by atoms with E-state index in [1.165, 1.54) is 4.90 Å². The van der Waals surface area contributed by atoms with Crippen LogP contribution < -0.4 is 20.5 Å². The molecule has 7 atom stereocenters. The molecule has 1 aromatic heterocycles. The van der Waals surface area contributed by atoms with E-state index < -0.39 is 41.5 Å². The molecule has 2 saturated carbocycles. The number of likely N-dealkylation sites (tertiary alicyclic amines) is 1. The quantitative estimate of drug-likeness (QED) is 0.311. The molecule has 1 unspecified atom stereocenters. The highest BCUT2D eigenvalue weighted by Crippen LogP contribution is 2.57. The Kier molecular flexibility index (Phi) is 11.5. The van der Waals surface area contributed by atoms with Gasteiger partial charge in [-0.05, 0) is 48.1 Å². The van der Waals surface area contributed by atoms with Crippen LogP contribution in [0.3, 0.4) is 0 Å². The lowest BCUT2D eigenvalue weighted by Crippen LogP contribution is -2.57. The summed E-state index contributed by atoms with van der Waals surface area (Å²) in [6, 6.07) is 3.62. The van der Waals surface area contributed by atoms with Gasteiger partial charge in [0.2, 0.25) is 11.8 Å². The molecule has 4 fully saturated rings. The molecule has 3 heterocycles. The van der Waals surface area contributed by atoms with Gasteiger partial charge in [0.15, 0.2) is 0 Å². The third kappa shape index (κ3) is 8.64. The van der Waals surface area contributed by atoms with E-state index in [0.29, 0.717) is 83.7 Å². The first kappa shape index (κ1) is 37.4. The smallest absolute Gasteiger partial charge is 0.408 e. The van der Waals surface area contributed by atoms with Gasteiger partial charge < -0.3 is 39.6 Å². The highest BCUT2D eigenvalue weighted by Gasteiger charge is 2.54.